The van der Waals surface area contributed by atoms with Crippen molar-refractivity contribution in [3.8, 4) is 0 Å². The van der Waals surface area contributed by atoms with Crippen molar-refractivity contribution < 1.29 is 4.21 Å². The molecule has 0 aliphatic carbocycles. The van der Waals surface area contributed by atoms with Gasteiger partial charge in [-0.05, 0) is 37.0 Å². The monoisotopic (exact) mass is 267 g/mol. The number of hydrogen-bond donors (Lipinski definition) is 1. The maximum Gasteiger partial charge on any atom is 0.0428 e. The number of rotatable bonds is 7. The van der Waals surface area contributed by atoms with E-state index >= 15 is 0 Å². The van der Waals surface area contributed by atoms with E-state index in [0.717, 1.165) is 24.2 Å². The van der Waals surface area contributed by atoms with Crippen molar-refractivity contribution >= 4 is 10.8 Å². The van der Waals surface area contributed by atoms with E-state index in [-0.39, 0.29) is 6.04 Å². The number of hydrogen-bond acceptors (Lipinski definition) is 2. The predicted molar refractivity (Wildman–Crippen MR) is 80.2 cm³/mol. The van der Waals surface area contributed by atoms with Gasteiger partial charge in [0, 0.05) is 28.3 Å². The fraction of sp³-hybridized carbons (Fsp3) is 0.600. The molecule has 0 radical (unpaired) electrons. The first kappa shape index (κ1) is 15.4. The number of benzene rings is 1. The minimum Gasteiger partial charge on any atom is -0.323 e. The van der Waals surface area contributed by atoms with Gasteiger partial charge >= 0.3 is 0 Å². The lowest BCUT2D eigenvalue weighted by molar-refractivity contribution is 0.668. The van der Waals surface area contributed by atoms with E-state index in [2.05, 4.69) is 39.0 Å². The van der Waals surface area contributed by atoms with Gasteiger partial charge < -0.3 is 5.73 Å². The molecule has 0 aliphatic heterocycles. The Hall–Kier alpha value is -0.670. The average Bonchev–Trinajstić information content (AvgIpc) is 2.33. The van der Waals surface area contributed by atoms with Gasteiger partial charge in [-0.3, -0.25) is 4.21 Å². The van der Waals surface area contributed by atoms with Crippen LogP contribution in [0.1, 0.15) is 48.9 Å². The van der Waals surface area contributed by atoms with Gasteiger partial charge in [0.05, 0.1) is 0 Å². The molecule has 0 fully saturated rings. The smallest absolute Gasteiger partial charge is 0.0428 e. The lowest BCUT2D eigenvalue weighted by Crippen LogP contribution is -2.19. The SMILES string of the molecule is CCCCCS(=O)CC(N)c1ccc(C)c(C)c1. The zero-order valence-electron chi connectivity index (χ0n) is 11.7. The molecule has 0 saturated heterocycles. The molecule has 0 spiro atoms. The molecule has 0 aliphatic rings. The van der Waals surface area contributed by atoms with Crippen LogP contribution >= 0.6 is 0 Å². The lowest BCUT2D eigenvalue weighted by atomic mass is 10.0. The van der Waals surface area contributed by atoms with Crippen LogP contribution in [0.25, 0.3) is 0 Å². The van der Waals surface area contributed by atoms with Gasteiger partial charge in [0.25, 0.3) is 0 Å². The Balaban J connectivity index is 2.51. The summed E-state index contributed by atoms with van der Waals surface area (Å²) in [6, 6.07) is 6.15. The Labute approximate surface area is 113 Å². The molecule has 0 aromatic heterocycles. The van der Waals surface area contributed by atoms with Crippen molar-refractivity contribution in [3.05, 3.63) is 34.9 Å². The summed E-state index contributed by atoms with van der Waals surface area (Å²) in [5.41, 5.74) is 9.75. The molecule has 102 valence electrons. The predicted octanol–water partition coefficient (Wildman–Crippen LogP) is 3.24. The summed E-state index contributed by atoms with van der Waals surface area (Å²) in [6.45, 7) is 6.33. The fourth-order valence-corrected chi connectivity index (χ4v) is 3.17. The number of nitrogens with two attached hydrogens (primary N) is 1. The molecule has 0 heterocycles. The van der Waals surface area contributed by atoms with Gasteiger partial charge in [-0.15, -0.1) is 0 Å². The molecule has 3 heteroatoms. The highest BCUT2D eigenvalue weighted by atomic mass is 32.2. The van der Waals surface area contributed by atoms with Gasteiger partial charge in [-0.1, -0.05) is 38.0 Å². The molecule has 2 unspecified atom stereocenters. The number of aryl methyl sites for hydroxylation is 2. The molecular weight excluding hydrogens is 242 g/mol. The Morgan fingerprint density at radius 3 is 2.56 bits per heavy atom. The Morgan fingerprint density at radius 2 is 1.94 bits per heavy atom. The van der Waals surface area contributed by atoms with Crippen LogP contribution in [0.2, 0.25) is 0 Å². The lowest BCUT2D eigenvalue weighted by Gasteiger charge is -2.13. The second-order valence-corrected chi connectivity index (χ2v) is 6.59. The van der Waals surface area contributed by atoms with Crippen molar-refractivity contribution in [3.63, 3.8) is 0 Å². The van der Waals surface area contributed by atoms with Crippen LogP contribution in [0.15, 0.2) is 18.2 Å². The molecule has 0 bridgehead atoms. The van der Waals surface area contributed by atoms with Gasteiger partial charge in [0.2, 0.25) is 0 Å². The van der Waals surface area contributed by atoms with Crippen molar-refractivity contribution in [2.24, 2.45) is 5.73 Å². The second kappa shape index (κ2) is 7.70. The molecule has 2 atom stereocenters. The van der Waals surface area contributed by atoms with Crippen LogP contribution < -0.4 is 5.73 Å². The van der Waals surface area contributed by atoms with E-state index in [4.69, 9.17) is 5.73 Å². The van der Waals surface area contributed by atoms with E-state index in [1.165, 1.54) is 17.5 Å². The summed E-state index contributed by atoms with van der Waals surface area (Å²) < 4.78 is 11.9. The first-order valence-corrected chi connectivity index (χ1v) is 8.21. The first-order valence-electron chi connectivity index (χ1n) is 6.72. The third kappa shape index (κ3) is 4.91. The van der Waals surface area contributed by atoms with Crippen molar-refractivity contribution in [2.75, 3.05) is 11.5 Å². The first-order chi connectivity index (χ1) is 8.54. The van der Waals surface area contributed by atoms with E-state index in [9.17, 15) is 4.21 Å². The van der Waals surface area contributed by atoms with E-state index in [1.54, 1.807) is 0 Å². The molecule has 1 aromatic carbocycles. The van der Waals surface area contributed by atoms with Gasteiger partial charge in [0.15, 0.2) is 0 Å². The quantitative estimate of drug-likeness (QED) is 0.771. The van der Waals surface area contributed by atoms with Crippen molar-refractivity contribution in [1.82, 2.24) is 0 Å². The molecule has 2 N–H and O–H groups in total. The molecule has 1 rings (SSSR count). The Morgan fingerprint density at radius 1 is 1.22 bits per heavy atom. The van der Waals surface area contributed by atoms with Gasteiger partial charge in [0.1, 0.15) is 0 Å². The van der Waals surface area contributed by atoms with Gasteiger partial charge in [-0.25, -0.2) is 0 Å². The minimum atomic E-state index is -0.789. The summed E-state index contributed by atoms with van der Waals surface area (Å²) >= 11 is 0. The second-order valence-electron chi connectivity index (χ2n) is 4.97. The zero-order valence-corrected chi connectivity index (χ0v) is 12.6. The summed E-state index contributed by atoms with van der Waals surface area (Å²) in [6.07, 6.45) is 3.37. The third-order valence-electron chi connectivity index (χ3n) is 3.30. The van der Waals surface area contributed by atoms with Crippen LogP contribution in [0.5, 0.6) is 0 Å². The molecule has 1 aromatic rings. The largest absolute Gasteiger partial charge is 0.323 e. The third-order valence-corrected chi connectivity index (χ3v) is 4.78. The molecule has 0 amide bonds. The van der Waals surface area contributed by atoms with Crippen LogP contribution in [0, 0.1) is 13.8 Å². The highest BCUT2D eigenvalue weighted by Gasteiger charge is 2.11. The van der Waals surface area contributed by atoms with Crippen molar-refractivity contribution in [1.29, 1.82) is 0 Å². The fourth-order valence-electron chi connectivity index (χ4n) is 1.89. The maximum atomic E-state index is 11.9. The summed E-state index contributed by atoms with van der Waals surface area (Å²) in [5.74, 6) is 1.36. The minimum absolute atomic E-state index is 0.105. The Bertz CT molecular complexity index is 403. The maximum absolute atomic E-state index is 11.9. The van der Waals surface area contributed by atoms with E-state index in [1.807, 2.05) is 0 Å². The topological polar surface area (TPSA) is 43.1 Å². The zero-order chi connectivity index (χ0) is 13.5. The van der Waals surface area contributed by atoms with Gasteiger partial charge in [-0.2, -0.15) is 0 Å². The average molecular weight is 267 g/mol. The summed E-state index contributed by atoms with van der Waals surface area (Å²) in [7, 11) is -0.789. The van der Waals surface area contributed by atoms with Crippen LogP contribution in [0.4, 0.5) is 0 Å². The Kier molecular flexibility index (Phi) is 6.58. The highest BCUT2D eigenvalue weighted by molar-refractivity contribution is 7.85. The molecule has 2 nitrogen and oxygen atoms in total. The highest BCUT2D eigenvalue weighted by Crippen LogP contribution is 2.16. The van der Waals surface area contributed by atoms with E-state index in [0.29, 0.717) is 5.75 Å². The van der Waals surface area contributed by atoms with Crippen LogP contribution in [-0.2, 0) is 10.8 Å². The van der Waals surface area contributed by atoms with E-state index < -0.39 is 10.8 Å². The standard InChI is InChI=1S/C15H25NOS/c1-4-5-6-9-18(17)11-15(16)14-8-7-12(2)13(3)10-14/h7-8,10,15H,4-6,9,11,16H2,1-3H3. The molecule has 0 saturated carbocycles. The normalized spacial score (nSPS) is 14.4. The summed E-state index contributed by atoms with van der Waals surface area (Å²) in [5, 5.41) is 0. The van der Waals surface area contributed by atoms with Crippen LogP contribution in [-0.4, -0.2) is 15.7 Å². The number of unbranched alkanes of at least 4 members (excludes halogenated alkanes) is 2. The van der Waals surface area contributed by atoms with Crippen molar-refractivity contribution in [2.45, 2.75) is 46.1 Å². The van der Waals surface area contributed by atoms with Crippen LogP contribution in [0.3, 0.4) is 0 Å². The molecule has 18 heavy (non-hydrogen) atoms. The molecular formula is C15H25NOS. The summed E-state index contributed by atoms with van der Waals surface area (Å²) in [4.78, 5) is 0.